The van der Waals surface area contributed by atoms with Gasteiger partial charge in [-0.1, -0.05) is 12.8 Å². The van der Waals surface area contributed by atoms with E-state index in [2.05, 4.69) is 0 Å². The Labute approximate surface area is 108 Å². The van der Waals surface area contributed by atoms with Gasteiger partial charge in [-0.3, -0.25) is 4.79 Å². The Bertz CT molecular complexity index is 303. The second-order valence-electron chi connectivity index (χ2n) is 5.35. The molecule has 18 heavy (non-hydrogen) atoms. The minimum Gasteiger partial charge on any atom is -0.369 e. The fourth-order valence-electron chi connectivity index (χ4n) is 2.82. The predicted octanol–water partition coefficient (Wildman–Crippen LogP) is 1.18. The lowest BCUT2D eigenvalue weighted by molar-refractivity contribution is -0.123. The number of nitrogens with zero attached hydrogens (tertiary/aromatic N) is 2. The summed E-state index contributed by atoms with van der Waals surface area (Å²) in [7, 11) is 0. The van der Waals surface area contributed by atoms with Crippen LogP contribution in [-0.4, -0.2) is 47.9 Å². The summed E-state index contributed by atoms with van der Waals surface area (Å²) in [5.74, 6) is -0.268. The van der Waals surface area contributed by atoms with E-state index >= 15 is 0 Å². The molecule has 0 radical (unpaired) electrons. The van der Waals surface area contributed by atoms with Crippen molar-refractivity contribution in [1.82, 2.24) is 9.80 Å². The third-order valence-corrected chi connectivity index (χ3v) is 4.04. The van der Waals surface area contributed by atoms with Crippen LogP contribution in [0.25, 0.3) is 0 Å². The van der Waals surface area contributed by atoms with E-state index in [1.54, 1.807) is 0 Å². The minimum absolute atomic E-state index is 0.0433. The molecule has 2 fully saturated rings. The summed E-state index contributed by atoms with van der Waals surface area (Å²) in [6, 6.07) is 0.153. The van der Waals surface area contributed by atoms with E-state index in [9.17, 15) is 9.59 Å². The Hall–Kier alpha value is -1.26. The van der Waals surface area contributed by atoms with Crippen molar-refractivity contribution in [1.29, 1.82) is 0 Å². The largest absolute Gasteiger partial charge is 0.369 e. The summed E-state index contributed by atoms with van der Waals surface area (Å²) in [5.41, 5.74) is 5.30. The minimum atomic E-state index is -0.225. The number of rotatable bonds is 1. The topological polar surface area (TPSA) is 66.6 Å². The van der Waals surface area contributed by atoms with E-state index in [1.807, 2.05) is 9.80 Å². The van der Waals surface area contributed by atoms with Gasteiger partial charge in [-0.25, -0.2) is 4.79 Å². The number of hydrogen-bond donors (Lipinski definition) is 1. The number of carbonyl (C=O) groups excluding carboxylic acids is 2. The van der Waals surface area contributed by atoms with Crippen LogP contribution in [0.1, 0.15) is 38.5 Å². The first-order valence-electron chi connectivity index (χ1n) is 7.01. The Morgan fingerprint density at radius 3 is 1.83 bits per heavy atom. The summed E-state index contributed by atoms with van der Waals surface area (Å²) >= 11 is 0. The van der Waals surface area contributed by atoms with Crippen molar-refractivity contribution in [3.05, 3.63) is 0 Å². The molecular formula is C13H23N3O2. The quantitative estimate of drug-likeness (QED) is 0.762. The van der Waals surface area contributed by atoms with Gasteiger partial charge in [-0.05, 0) is 25.7 Å². The normalized spacial score (nSPS) is 22.7. The van der Waals surface area contributed by atoms with Crippen molar-refractivity contribution >= 4 is 11.9 Å². The van der Waals surface area contributed by atoms with Gasteiger partial charge in [0.15, 0.2) is 0 Å². The highest BCUT2D eigenvalue weighted by atomic mass is 16.2. The van der Waals surface area contributed by atoms with E-state index in [1.165, 1.54) is 12.8 Å². The molecule has 5 nitrogen and oxygen atoms in total. The fourth-order valence-corrected chi connectivity index (χ4v) is 2.82. The van der Waals surface area contributed by atoms with E-state index < -0.39 is 0 Å². The molecule has 2 rings (SSSR count). The molecule has 0 atom stereocenters. The maximum Gasteiger partial charge on any atom is 0.319 e. The van der Waals surface area contributed by atoms with Crippen LogP contribution in [0.5, 0.6) is 0 Å². The summed E-state index contributed by atoms with van der Waals surface area (Å²) in [4.78, 5) is 27.3. The maximum atomic E-state index is 12.3. The van der Waals surface area contributed by atoms with Crippen molar-refractivity contribution in [3.8, 4) is 0 Å². The van der Waals surface area contributed by atoms with Gasteiger partial charge >= 0.3 is 6.03 Å². The first kappa shape index (κ1) is 13.2. The van der Waals surface area contributed by atoms with Gasteiger partial charge in [0.2, 0.25) is 5.91 Å². The number of carbonyl (C=O) groups is 2. The van der Waals surface area contributed by atoms with E-state index in [4.69, 9.17) is 5.73 Å². The van der Waals surface area contributed by atoms with Crippen LogP contribution in [0.2, 0.25) is 0 Å². The highest BCUT2D eigenvalue weighted by molar-refractivity contribution is 5.78. The number of piperidine rings is 1. The third-order valence-electron chi connectivity index (χ3n) is 4.04. The molecule has 0 saturated carbocycles. The zero-order chi connectivity index (χ0) is 13.0. The van der Waals surface area contributed by atoms with Crippen molar-refractivity contribution in [3.63, 3.8) is 0 Å². The monoisotopic (exact) mass is 253 g/mol. The summed E-state index contributed by atoms with van der Waals surface area (Å²) in [6.45, 7) is 3.11. The SMILES string of the molecule is NC(=O)C1CCN(C(=O)N2CCCCCC2)CC1. The van der Waals surface area contributed by atoms with Crippen molar-refractivity contribution < 1.29 is 9.59 Å². The zero-order valence-corrected chi connectivity index (χ0v) is 10.9. The Balaban J connectivity index is 1.84. The molecule has 0 aromatic carbocycles. The molecule has 2 heterocycles. The molecule has 0 bridgehead atoms. The first-order chi connectivity index (χ1) is 8.68. The number of primary amides is 1. The summed E-state index contributed by atoms with van der Waals surface area (Å²) in [6.07, 6.45) is 6.12. The molecule has 2 N–H and O–H groups in total. The zero-order valence-electron chi connectivity index (χ0n) is 10.9. The standard InChI is InChI=1S/C13H23N3O2/c14-12(17)11-5-9-16(10-6-11)13(18)15-7-3-1-2-4-8-15/h11H,1-10H2,(H2,14,17). The van der Waals surface area contributed by atoms with Gasteiger partial charge in [-0.2, -0.15) is 0 Å². The number of hydrogen-bond acceptors (Lipinski definition) is 2. The number of amides is 3. The smallest absolute Gasteiger partial charge is 0.319 e. The predicted molar refractivity (Wildman–Crippen MR) is 68.9 cm³/mol. The van der Waals surface area contributed by atoms with Crippen LogP contribution in [0.15, 0.2) is 0 Å². The number of urea groups is 1. The molecule has 5 heteroatoms. The highest BCUT2D eigenvalue weighted by Crippen LogP contribution is 2.19. The van der Waals surface area contributed by atoms with E-state index in [0.29, 0.717) is 13.1 Å². The second kappa shape index (κ2) is 6.07. The lowest BCUT2D eigenvalue weighted by atomic mass is 9.96. The van der Waals surface area contributed by atoms with Gasteiger partial charge in [0.25, 0.3) is 0 Å². The van der Waals surface area contributed by atoms with E-state index in [0.717, 1.165) is 38.8 Å². The van der Waals surface area contributed by atoms with Gasteiger partial charge in [0.05, 0.1) is 0 Å². The molecule has 0 aromatic rings. The molecule has 0 unspecified atom stereocenters. The average molecular weight is 253 g/mol. The maximum absolute atomic E-state index is 12.3. The number of nitrogens with two attached hydrogens (primary N) is 1. The number of likely N-dealkylation sites (tertiary alicyclic amines) is 2. The Morgan fingerprint density at radius 2 is 1.33 bits per heavy atom. The molecule has 2 saturated heterocycles. The van der Waals surface area contributed by atoms with Crippen LogP contribution in [-0.2, 0) is 4.79 Å². The van der Waals surface area contributed by atoms with Gasteiger partial charge in [0, 0.05) is 32.1 Å². The van der Waals surface area contributed by atoms with Gasteiger partial charge in [-0.15, -0.1) is 0 Å². The Morgan fingerprint density at radius 1 is 0.833 bits per heavy atom. The van der Waals surface area contributed by atoms with Gasteiger partial charge < -0.3 is 15.5 Å². The van der Waals surface area contributed by atoms with Crippen molar-refractivity contribution in [2.45, 2.75) is 38.5 Å². The first-order valence-corrected chi connectivity index (χ1v) is 7.01. The summed E-state index contributed by atoms with van der Waals surface area (Å²) < 4.78 is 0. The van der Waals surface area contributed by atoms with Crippen LogP contribution in [0.4, 0.5) is 4.79 Å². The molecule has 2 aliphatic heterocycles. The molecule has 0 aliphatic carbocycles. The van der Waals surface area contributed by atoms with E-state index in [-0.39, 0.29) is 17.9 Å². The fraction of sp³-hybridized carbons (Fsp3) is 0.846. The molecule has 2 aliphatic rings. The molecule has 0 aromatic heterocycles. The molecular weight excluding hydrogens is 230 g/mol. The van der Waals surface area contributed by atoms with Crippen molar-refractivity contribution in [2.75, 3.05) is 26.2 Å². The van der Waals surface area contributed by atoms with Crippen molar-refractivity contribution in [2.24, 2.45) is 11.7 Å². The second-order valence-corrected chi connectivity index (χ2v) is 5.35. The third kappa shape index (κ3) is 3.15. The van der Waals surface area contributed by atoms with Crippen LogP contribution in [0, 0.1) is 5.92 Å². The average Bonchev–Trinajstić information content (AvgIpc) is 2.67. The highest BCUT2D eigenvalue weighted by Gasteiger charge is 2.28. The molecule has 3 amide bonds. The lowest BCUT2D eigenvalue weighted by Gasteiger charge is -2.34. The molecule has 0 spiro atoms. The molecule has 102 valence electrons. The van der Waals surface area contributed by atoms with Gasteiger partial charge in [0.1, 0.15) is 0 Å². The lowest BCUT2D eigenvalue weighted by Crippen LogP contribution is -2.48. The van der Waals surface area contributed by atoms with Crippen LogP contribution >= 0.6 is 0 Å². The summed E-state index contributed by atoms with van der Waals surface area (Å²) in [5, 5.41) is 0. The van der Waals surface area contributed by atoms with Crippen LogP contribution < -0.4 is 5.73 Å². The Kier molecular flexibility index (Phi) is 4.44. The van der Waals surface area contributed by atoms with Crippen LogP contribution in [0.3, 0.4) is 0 Å².